The van der Waals surface area contributed by atoms with Crippen LogP contribution in [0.3, 0.4) is 0 Å². The van der Waals surface area contributed by atoms with Gasteiger partial charge in [0.2, 0.25) is 0 Å². The van der Waals surface area contributed by atoms with Crippen molar-refractivity contribution in [3.63, 3.8) is 0 Å². The van der Waals surface area contributed by atoms with Crippen molar-refractivity contribution in [2.75, 3.05) is 6.54 Å². The first-order valence-electron chi connectivity index (χ1n) is 6.22. The van der Waals surface area contributed by atoms with Crippen LogP contribution in [0.25, 0.3) is 0 Å². The van der Waals surface area contributed by atoms with Gasteiger partial charge in [0.05, 0.1) is 6.04 Å². The molecule has 1 aromatic heterocycles. The summed E-state index contributed by atoms with van der Waals surface area (Å²) in [6, 6.07) is 1.94. The summed E-state index contributed by atoms with van der Waals surface area (Å²) in [6.45, 7) is 6.24. The van der Waals surface area contributed by atoms with Crippen molar-refractivity contribution in [2.24, 2.45) is 0 Å². The van der Waals surface area contributed by atoms with Crippen molar-refractivity contribution in [3.8, 4) is 0 Å². The molecule has 0 saturated carbocycles. The minimum Gasteiger partial charge on any atom is -0.328 e. The van der Waals surface area contributed by atoms with Crippen molar-refractivity contribution in [1.82, 2.24) is 9.88 Å². The van der Waals surface area contributed by atoms with E-state index in [2.05, 4.69) is 4.98 Å². The van der Waals surface area contributed by atoms with Crippen LogP contribution in [0.5, 0.6) is 0 Å². The Morgan fingerprint density at radius 1 is 1.50 bits per heavy atom. The van der Waals surface area contributed by atoms with E-state index in [0.717, 1.165) is 17.7 Å². The number of carbonyl (C=O) groups excluding carboxylic acids is 1. The number of nitrogens with one attached hydrogen (secondary N) is 1. The molecule has 4 nitrogen and oxygen atoms in total. The van der Waals surface area contributed by atoms with E-state index < -0.39 is 0 Å². The van der Waals surface area contributed by atoms with Crippen LogP contribution in [0.1, 0.15) is 35.0 Å². The van der Waals surface area contributed by atoms with E-state index in [9.17, 15) is 9.59 Å². The van der Waals surface area contributed by atoms with Gasteiger partial charge in [0.15, 0.2) is 0 Å². The third-order valence-corrected chi connectivity index (χ3v) is 3.32. The lowest BCUT2D eigenvalue weighted by atomic mass is 10.1. The van der Waals surface area contributed by atoms with E-state index >= 15 is 0 Å². The third-order valence-electron chi connectivity index (χ3n) is 3.32. The van der Waals surface area contributed by atoms with Crippen LogP contribution in [0.15, 0.2) is 23.0 Å². The summed E-state index contributed by atoms with van der Waals surface area (Å²) in [7, 11) is 0. The highest BCUT2D eigenvalue weighted by Crippen LogP contribution is 2.17. The fourth-order valence-electron chi connectivity index (χ4n) is 2.42. The van der Waals surface area contributed by atoms with Crippen LogP contribution in [0, 0.1) is 13.8 Å². The molecule has 0 aromatic carbocycles. The van der Waals surface area contributed by atoms with Crippen molar-refractivity contribution in [1.29, 1.82) is 0 Å². The van der Waals surface area contributed by atoms with Crippen LogP contribution >= 0.6 is 0 Å². The predicted molar refractivity (Wildman–Crippen MR) is 70.8 cm³/mol. The molecule has 1 aromatic rings. The van der Waals surface area contributed by atoms with Gasteiger partial charge in [-0.2, -0.15) is 0 Å². The maximum atomic E-state index is 12.4. The van der Waals surface area contributed by atoms with E-state index in [-0.39, 0.29) is 23.1 Å². The Morgan fingerprint density at radius 2 is 2.22 bits per heavy atom. The van der Waals surface area contributed by atoms with Gasteiger partial charge in [0.1, 0.15) is 5.56 Å². The van der Waals surface area contributed by atoms with E-state index in [4.69, 9.17) is 0 Å². The van der Waals surface area contributed by atoms with Crippen molar-refractivity contribution in [2.45, 2.75) is 33.2 Å². The average molecular weight is 246 g/mol. The van der Waals surface area contributed by atoms with Gasteiger partial charge in [-0.1, -0.05) is 19.1 Å². The first kappa shape index (κ1) is 12.6. The molecule has 1 aliphatic rings. The quantitative estimate of drug-likeness (QED) is 0.809. The van der Waals surface area contributed by atoms with E-state index in [0.29, 0.717) is 6.54 Å². The largest absolute Gasteiger partial charge is 0.328 e. The number of nitrogens with zero attached hydrogens (tertiary/aromatic N) is 1. The molecule has 1 N–H and O–H groups in total. The third kappa shape index (κ3) is 2.10. The van der Waals surface area contributed by atoms with Crippen LogP contribution in [-0.2, 0) is 0 Å². The highest BCUT2D eigenvalue weighted by molar-refractivity contribution is 5.96. The van der Waals surface area contributed by atoms with Gasteiger partial charge in [0, 0.05) is 12.2 Å². The minimum atomic E-state index is -0.292. The summed E-state index contributed by atoms with van der Waals surface area (Å²) in [5.41, 5.74) is 1.49. The second kappa shape index (κ2) is 4.80. The number of pyridine rings is 1. The Balaban J connectivity index is 2.38. The number of aryl methyl sites for hydroxylation is 2. The summed E-state index contributed by atoms with van der Waals surface area (Å²) < 4.78 is 0. The normalized spacial score (nSPS) is 18.4. The summed E-state index contributed by atoms with van der Waals surface area (Å²) in [6.07, 6.45) is 4.87. The summed E-state index contributed by atoms with van der Waals surface area (Å²) in [5.74, 6) is -0.175. The molecule has 2 rings (SSSR count). The summed E-state index contributed by atoms with van der Waals surface area (Å²) in [5, 5.41) is 0. The first-order chi connectivity index (χ1) is 8.54. The van der Waals surface area contributed by atoms with Crippen LogP contribution in [0.4, 0.5) is 0 Å². The van der Waals surface area contributed by atoms with Gasteiger partial charge in [-0.3, -0.25) is 9.59 Å². The number of aromatic nitrogens is 1. The average Bonchev–Trinajstić information content (AvgIpc) is 2.75. The SMILES string of the molecule is CCC1C=CCN1C(=O)c1c(C)cc(C)[nH]c1=O. The van der Waals surface area contributed by atoms with Gasteiger partial charge < -0.3 is 9.88 Å². The molecule has 18 heavy (non-hydrogen) atoms. The maximum Gasteiger partial charge on any atom is 0.261 e. The van der Waals surface area contributed by atoms with Gasteiger partial charge in [-0.15, -0.1) is 0 Å². The Morgan fingerprint density at radius 3 is 2.83 bits per heavy atom. The second-order valence-electron chi connectivity index (χ2n) is 4.70. The highest BCUT2D eigenvalue weighted by Gasteiger charge is 2.27. The molecule has 0 aliphatic carbocycles. The molecule has 0 spiro atoms. The molecule has 0 bridgehead atoms. The number of hydrogen-bond acceptors (Lipinski definition) is 2. The van der Waals surface area contributed by atoms with Gasteiger partial charge in [-0.25, -0.2) is 0 Å². The number of rotatable bonds is 2. The number of amides is 1. The summed E-state index contributed by atoms with van der Waals surface area (Å²) >= 11 is 0. The zero-order valence-corrected chi connectivity index (χ0v) is 11.0. The lowest BCUT2D eigenvalue weighted by Gasteiger charge is -2.24. The van der Waals surface area contributed by atoms with Crippen LogP contribution in [-0.4, -0.2) is 28.4 Å². The number of carbonyl (C=O) groups is 1. The molecule has 4 heteroatoms. The molecular weight excluding hydrogens is 228 g/mol. The molecule has 1 unspecified atom stereocenters. The fraction of sp³-hybridized carbons (Fsp3) is 0.429. The highest BCUT2D eigenvalue weighted by atomic mass is 16.2. The molecule has 1 aliphatic heterocycles. The topological polar surface area (TPSA) is 53.2 Å². The predicted octanol–water partition coefficient (Wildman–Crippen LogP) is 1.78. The van der Waals surface area contributed by atoms with Crippen molar-refractivity contribution < 1.29 is 4.79 Å². The molecule has 0 saturated heterocycles. The standard InChI is InChI=1S/C14H18N2O2/c1-4-11-6-5-7-16(11)14(18)12-9(2)8-10(3)15-13(12)17/h5-6,8,11H,4,7H2,1-3H3,(H,15,17). The van der Waals surface area contributed by atoms with E-state index in [1.165, 1.54) is 0 Å². The molecule has 1 amide bonds. The smallest absolute Gasteiger partial charge is 0.261 e. The van der Waals surface area contributed by atoms with Crippen LogP contribution < -0.4 is 5.56 Å². The molecule has 0 radical (unpaired) electrons. The van der Waals surface area contributed by atoms with Crippen molar-refractivity contribution >= 4 is 5.91 Å². The zero-order valence-electron chi connectivity index (χ0n) is 11.0. The Kier molecular flexibility index (Phi) is 3.36. The lowest BCUT2D eigenvalue weighted by molar-refractivity contribution is 0.0745. The second-order valence-corrected chi connectivity index (χ2v) is 4.70. The van der Waals surface area contributed by atoms with E-state index in [1.54, 1.807) is 11.8 Å². The van der Waals surface area contributed by atoms with Crippen molar-refractivity contribution in [3.05, 3.63) is 45.4 Å². The lowest BCUT2D eigenvalue weighted by Crippen LogP contribution is -2.39. The Labute approximate surface area is 106 Å². The van der Waals surface area contributed by atoms with Gasteiger partial charge in [0.25, 0.3) is 11.5 Å². The number of H-pyrrole nitrogens is 1. The van der Waals surface area contributed by atoms with E-state index in [1.807, 2.05) is 32.1 Å². The Bertz CT molecular complexity index is 557. The first-order valence-corrected chi connectivity index (χ1v) is 6.22. The maximum absolute atomic E-state index is 12.4. The monoisotopic (exact) mass is 246 g/mol. The Hall–Kier alpha value is -1.84. The molecule has 0 fully saturated rings. The number of hydrogen-bond donors (Lipinski definition) is 1. The van der Waals surface area contributed by atoms with Crippen LogP contribution in [0.2, 0.25) is 0 Å². The summed E-state index contributed by atoms with van der Waals surface area (Å²) in [4.78, 5) is 28.8. The molecule has 96 valence electrons. The molecule has 1 atom stereocenters. The molecule has 2 heterocycles. The van der Waals surface area contributed by atoms with Gasteiger partial charge >= 0.3 is 0 Å². The molecular formula is C14H18N2O2. The zero-order chi connectivity index (χ0) is 13.3. The fourth-order valence-corrected chi connectivity index (χ4v) is 2.42. The number of aromatic amines is 1. The van der Waals surface area contributed by atoms with Gasteiger partial charge in [-0.05, 0) is 31.9 Å². The minimum absolute atomic E-state index is 0.109.